The topological polar surface area (TPSA) is 25.8 Å². The highest BCUT2D eigenvalue weighted by Gasteiger charge is 1.89. The fraction of sp³-hybridized carbons (Fsp3) is 0.333. The average molecular weight is 192 g/mol. The zero-order valence-corrected chi connectivity index (χ0v) is 6.01. The predicted octanol–water partition coefficient (Wildman–Crippen LogP) is 1.80. The van der Waals surface area contributed by atoms with Crippen LogP contribution in [0.25, 0.3) is 0 Å². The molecule has 9 heavy (non-hydrogen) atoms. The van der Waals surface area contributed by atoms with Crippen LogP contribution in [0.4, 0.5) is 0 Å². The van der Waals surface area contributed by atoms with Gasteiger partial charge in [0.2, 0.25) is 0 Å². The first-order valence-corrected chi connectivity index (χ1v) is 3.04. The Bertz CT molecular complexity index is 320. The first-order valence-electron chi connectivity index (χ1n) is 4.75. The lowest BCUT2D eigenvalue weighted by molar-refractivity contribution is 0.905. The van der Waals surface area contributed by atoms with Crippen molar-refractivity contribution in [2.75, 3.05) is 0 Å². The number of aromatic nitrogens is 2. The molecule has 0 unspecified atom stereocenters. The second-order valence-electron chi connectivity index (χ2n) is 1.37. The van der Waals surface area contributed by atoms with E-state index in [1.54, 1.807) is 0 Å². The van der Waals surface area contributed by atoms with Gasteiger partial charge < -0.3 is 0 Å². The number of nitrogens with zero attached hydrogens (tertiary/aromatic N) is 2. The molecule has 0 bridgehead atoms. The van der Waals surface area contributed by atoms with Gasteiger partial charge in [-0.2, -0.15) is 5.10 Å². The normalized spacial score (nSPS) is 20.8. The SMILES string of the molecule is [2H]C([2H])([2H])C([2H])([2H])c1ccc(Br)nn1. The Labute approximate surface area is 69.5 Å². The van der Waals surface area contributed by atoms with Crippen molar-refractivity contribution in [2.24, 2.45) is 0 Å². The molecule has 0 amide bonds. The molecule has 3 heteroatoms. The first-order chi connectivity index (χ1) is 6.25. The van der Waals surface area contributed by atoms with Crippen LogP contribution in [0.3, 0.4) is 0 Å². The molecule has 0 aliphatic heterocycles. The van der Waals surface area contributed by atoms with Gasteiger partial charge in [-0.1, -0.05) is 6.85 Å². The van der Waals surface area contributed by atoms with Gasteiger partial charge in [-0.25, -0.2) is 0 Å². The number of halogens is 1. The lowest BCUT2D eigenvalue weighted by Gasteiger charge is -1.90. The molecular formula is C6H7BrN2. The molecule has 0 spiro atoms. The van der Waals surface area contributed by atoms with Crippen LogP contribution in [0.15, 0.2) is 16.7 Å². The third-order valence-electron chi connectivity index (χ3n) is 0.760. The van der Waals surface area contributed by atoms with E-state index in [0.717, 1.165) is 0 Å². The molecule has 0 saturated heterocycles. The van der Waals surface area contributed by atoms with Gasteiger partial charge in [-0.15, -0.1) is 5.10 Å². The van der Waals surface area contributed by atoms with Crippen molar-refractivity contribution in [2.45, 2.75) is 13.2 Å². The molecule has 1 rings (SSSR count). The van der Waals surface area contributed by atoms with Crippen LogP contribution in [0.2, 0.25) is 0 Å². The molecule has 0 saturated carbocycles. The zero-order valence-electron chi connectivity index (χ0n) is 9.43. The van der Waals surface area contributed by atoms with Crippen molar-refractivity contribution in [1.82, 2.24) is 10.2 Å². The molecule has 0 radical (unpaired) electrons. The molecule has 0 aromatic carbocycles. The van der Waals surface area contributed by atoms with E-state index in [9.17, 15) is 0 Å². The molecule has 1 aromatic heterocycles. The fourth-order valence-corrected chi connectivity index (χ4v) is 0.594. The third kappa shape index (κ3) is 1.75. The van der Waals surface area contributed by atoms with Gasteiger partial charge in [-0.3, -0.25) is 0 Å². The summed E-state index contributed by atoms with van der Waals surface area (Å²) in [5.41, 5.74) is -0.194. The maximum atomic E-state index is 7.38. The van der Waals surface area contributed by atoms with Crippen LogP contribution in [-0.4, -0.2) is 10.2 Å². The minimum atomic E-state index is -2.74. The van der Waals surface area contributed by atoms with E-state index in [2.05, 4.69) is 26.1 Å². The second kappa shape index (κ2) is 2.92. The minimum Gasteiger partial charge on any atom is -0.155 e. The fourth-order valence-electron chi connectivity index (χ4n) is 0.383. The summed E-state index contributed by atoms with van der Waals surface area (Å²) < 4.78 is 36.2. The molecule has 1 aromatic rings. The summed E-state index contributed by atoms with van der Waals surface area (Å²) in [6.07, 6.45) is -2.47. The van der Waals surface area contributed by atoms with Crippen LogP contribution in [0.5, 0.6) is 0 Å². The van der Waals surface area contributed by atoms with Crippen LogP contribution in [-0.2, 0) is 6.37 Å². The Morgan fingerprint density at radius 3 is 3.22 bits per heavy atom. The highest BCUT2D eigenvalue weighted by atomic mass is 79.9. The van der Waals surface area contributed by atoms with Crippen LogP contribution < -0.4 is 0 Å². The van der Waals surface area contributed by atoms with E-state index in [1.165, 1.54) is 12.1 Å². The summed E-state index contributed by atoms with van der Waals surface area (Å²) in [4.78, 5) is 0. The van der Waals surface area contributed by atoms with E-state index in [1.807, 2.05) is 0 Å². The first kappa shape index (κ1) is 2.66. The molecule has 0 N–H and O–H groups in total. The molecule has 0 atom stereocenters. The predicted molar refractivity (Wildman–Crippen MR) is 39.1 cm³/mol. The van der Waals surface area contributed by atoms with Crippen molar-refractivity contribution in [3.8, 4) is 0 Å². The second-order valence-corrected chi connectivity index (χ2v) is 2.18. The van der Waals surface area contributed by atoms with Gasteiger partial charge in [0.15, 0.2) is 0 Å². The van der Waals surface area contributed by atoms with Gasteiger partial charge >= 0.3 is 0 Å². The third-order valence-corrected chi connectivity index (χ3v) is 1.18. The summed E-state index contributed by atoms with van der Waals surface area (Å²) in [5, 5.41) is 7.02. The maximum absolute atomic E-state index is 7.38. The van der Waals surface area contributed by atoms with Crippen molar-refractivity contribution in [3.63, 3.8) is 0 Å². The van der Waals surface area contributed by atoms with E-state index >= 15 is 0 Å². The quantitative estimate of drug-likeness (QED) is 0.677. The summed E-state index contributed by atoms with van der Waals surface area (Å²) in [6.45, 7) is -2.74. The van der Waals surface area contributed by atoms with Crippen molar-refractivity contribution >= 4 is 15.9 Å². The van der Waals surface area contributed by atoms with Crippen molar-refractivity contribution in [3.05, 3.63) is 22.4 Å². The molecule has 48 valence electrons. The molecular weight excluding hydrogens is 180 g/mol. The van der Waals surface area contributed by atoms with Gasteiger partial charge in [0.05, 0.1) is 5.69 Å². The Morgan fingerprint density at radius 2 is 2.67 bits per heavy atom. The molecule has 0 aliphatic carbocycles. The summed E-state index contributed by atoms with van der Waals surface area (Å²) in [7, 11) is 0. The number of hydrogen-bond donors (Lipinski definition) is 0. The van der Waals surface area contributed by atoms with Crippen LogP contribution in [0.1, 0.15) is 19.4 Å². The highest BCUT2D eigenvalue weighted by molar-refractivity contribution is 9.10. The molecule has 0 aliphatic rings. The monoisotopic (exact) mass is 191 g/mol. The zero-order chi connectivity index (χ0) is 11.0. The summed E-state index contributed by atoms with van der Waals surface area (Å²) in [5.74, 6) is 0. The Morgan fingerprint density at radius 1 is 1.78 bits per heavy atom. The van der Waals surface area contributed by atoms with Gasteiger partial charge in [0, 0.05) is 6.85 Å². The molecule has 2 nitrogen and oxygen atoms in total. The molecule has 0 fully saturated rings. The Balaban J connectivity index is 3.10. The molecule has 1 heterocycles. The minimum absolute atomic E-state index is 0.194. The van der Waals surface area contributed by atoms with E-state index < -0.39 is 13.2 Å². The van der Waals surface area contributed by atoms with Gasteiger partial charge in [-0.05, 0) is 34.4 Å². The van der Waals surface area contributed by atoms with Crippen molar-refractivity contribution < 1.29 is 6.85 Å². The largest absolute Gasteiger partial charge is 0.155 e. The lowest BCUT2D eigenvalue weighted by Crippen LogP contribution is -1.88. The van der Waals surface area contributed by atoms with Crippen LogP contribution in [0, 0.1) is 0 Å². The average Bonchev–Trinajstić information content (AvgIpc) is 2.03. The Hall–Kier alpha value is -0.440. The smallest absolute Gasteiger partial charge is 0.128 e. The van der Waals surface area contributed by atoms with E-state index in [4.69, 9.17) is 6.85 Å². The number of rotatable bonds is 1. The maximum Gasteiger partial charge on any atom is 0.128 e. The lowest BCUT2D eigenvalue weighted by atomic mass is 10.3. The van der Waals surface area contributed by atoms with E-state index in [-0.39, 0.29) is 5.69 Å². The number of aryl methyl sites for hydroxylation is 1. The summed E-state index contributed by atoms with van der Waals surface area (Å²) in [6, 6.07) is 2.75. The van der Waals surface area contributed by atoms with Crippen molar-refractivity contribution in [1.29, 1.82) is 0 Å². The number of hydrogen-bond acceptors (Lipinski definition) is 2. The van der Waals surface area contributed by atoms with E-state index in [0.29, 0.717) is 4.60 Å². The standard InChI is InChI=1S/C6H7BrN2/c1-2-5-3-4-6(7)9-8-5/h3-4H,2H2,1H3/i1D3,2D2. The van der Waals surface area contributed by atoms with Gasteiger partial charge in [0.1, 0.15) is 4.60 Å². The van der Waals surface area contributed by atoms with Crippen LogP contribution >= 0.6 is 15.9 Å². The van der Waals surface area contributed by atoms with Gasteiger partial charge in [0.25, 0.3) is 0 Å². The summed E-state index contributed by atoms with van der Waals surface area (Å²) >= 11 is 3.03. The Kier molecular flexibility index (Phi) is 0.862. The highest BCUT2D eigenvalue weighted by Crippen LogP contribution is 2.02.